The van der Waals surface area contributed by atoms with E-state index in [4.69, 9.17) is 9.47 Å². The summed E-state index contributed by atoms with van der Waals surface area (Å²) in [6.45, 7) is 4.76. The van der Waals surface area contributed by atoms with Gasteiger partial charge in [0.25, 0.3) is 0 Å². The van der Waals surface area contributed by atoms with E-state index >= 15 is 0 Å². The fraction of sp³-hybridized carbons (Fsp3) is 0.455. The SMILES string of the molecule is CC1(C)OCc2cc([C@@H](O)CN[C@H]3CCc4ccc(O)cc4C3)ccc2O1. The molecule has 27 heavy (non-hydrogen) atoms. The summed E-state index contributed by atoms with van der Waals surface area (Å²) < 4.78 is 11.5. The lowest BCUT2D eigenvalue weighted by molar-refractivity contribution is -0.180. The number of benzene rings is 2. The maximum absolute atomic E-state index is 10.6. The molecule has 0 spiro atoms. The van der Waals surface area contributed by atoms with Gasteiger partial charge in [-0.1, -0.05) is 12.1 Å². The Labute approximate surface area is 159 Å². The molecule has 0 saturated heterocycles. The Morgan fingerprint density at radius 1 is 1.15 bits per heavy atom. The number of rotatable bonds is 4. The van der Waals surface area contributed by atoms with Crippen molar-refractivity contribution in [2.45, 2.75) is 57.6 Å². The minimum atomic E-state index is -0.611. The summed E-state index contributed by atoms with van der Waals surface area (Å²) >= 11 is 0. The summed E-state index contributed by atoms with van der Waals surface area (Å²) in [7, 11) is 0. The summed E-state index contributed by atoms with van der Waals surface area (Å²) in [4.78, 5) is 0. The lowest BCUT2D eigenvalue weighted by Crippen LogP contribution is -2.37. The second-order valence-electron chi connectivity index (χ2n) is 7.97. The molecular weight excluding hydrogens is 342 g/mol. The predicted octanol–water partition coefficient (Wildman–Crippen LogP) is 3.22. The van der Waals surface area contributed by atoms with Gasteiger partial charge >= 0.3 is 0 Å². The van der Waals surface area contributed by atoms with Crippen LogP contribution in [0.2, 0.25) is 0 Å². The van der Waals surface area contributed by atoms with Crippen LogP contribution in [-0.2, 0) is 24.2 Å². The van der Waals surface area contributed by atoms with Crippen molar-refractivity contribution >= 4 is 0 Å². The van der Waals surface area contributed by atoms with Crippen LogP contribution in [0.25, 0.3) is 0 Å². The smallest absolute Gasteiger partial charge is 0.205 e. The monoisotopic (exact) mass is 369 g/mol. The molecule has 5 nitrogen and oxygen atoms in total. The van der Waals surface area contributed by atoms with Crippen molar-refractivity contribution in [1.29, 1.82) is 0 Å². The molecule has 4 rings (SSSR count). The molecule has 0 fully saturated rings. The largest absolute Gasteiger partial charge is 0.508 e. The third-order valence-electron chi connectivity index (χ3n) is 5.42. The molecule has 1 heterocycles. The van der Waals surface area contributed by atoms with E-state index in [0.29, 0.717) is 24.9 Å². The second-order valence-corrected chi connectivity index (χ2v) is 7.97. The van der Waals surface area contributed by atoms with Gasteiger partial charge in [-0.25, -0.2) is 0 Å². The molecule has 2 aromatic rings. The van der Waals surface area contributed by atoms with E-state index in [2.05, 4.69) is 5.32 Å². The number of fused-ring (bicyclic) bond motifs is 2. The van der Waals surface area contributed by atoms with Crippen molar-refractivity contribution in [2.24, 2.45) is 0 Å². The Balaban J connectivity index is 1.37. The lowest BCUT2D eigenvalue weighted by Gasteiger charge is -2.33. The lowest BCUT2D eigenvalue weighted by atomic mass is 9.88. The molecule has 2 aromatic carbocycles. The predicted molar refractivity (Wildman–Crippen MR) is 103 cm³/mol. The molecule has 0 bridgehead atoms. The fourth-order valence-electron chi connectivity index (χ4n) is 3.88. The molecular formula is C22H27NO4. The maximum atomic E-state index is 10.6. The fourth-order valence-corrected chi connectivity index (χ4v) is 3.88. The van der Waals surface area contributed by atoms with Crippen molar-refractivity contribution in [1.82, 2.24) is 5.32 Å². The number of aromatic hydroxyl groups is 1. The molecule has 5 heteroatoms. The van der Waals surface area contributed by atoms with Crippen molar-refractivity contribution in [2.75, 3.05) is 6.54 Å². The molecule has 1 aliphatic heterocycles. The third kappa shape index (κ3) is 4.10. The Morgan fingerprint density at radius 3 is 2.85 bits per heavy atom. The first-order chi connectivity index (χ1) is 12.9. The topological polar surface area (TPSA) is 71.0 Å². The van der Waals surface area contributed by atoms with Crippen molar-refractivity contribution in [3.63, 3.8) is 0 Å². The molecule has 1 aliphatic carbocycles. The molecule has 2 atom stereocenters. The van der Waals surface area contributed by atoms with E-state index in [-0.39, 0.29) is 0 Å². The maximum Gasteiger partial charge on any atom is 0.205 e. The number of hydrogen-bond acceptors (Lipinski definition) is 5. The zero-order valence-electron chi connectivity index (χ0n) is 15.9. The highest BCUT2D eigenvalue weighted by Gasteiger charge is 2.28. The van der Waals surface area contributed by atoms with Crippen molar-refractivity contribution < 1.29 is 19.7 Å². The average Bonchev–Trinajstić information content (AvgIpc) is 2.64. The molecule has 0 unspecified atom stereocenters. The van der Waals surface area contributed by atoms with Gasteiger partial charge in [-0.2, -0.15) is 0 Å². The quantitative estimate of drug-likeness (QED) is 0.772. The zero-order valence-corrected chi connectivity index (χ0v) is 15.9. The number of nitrogens with one attached hydrogen (secondary N) is 1. The van der Waals surface area contributed by atoms with Crippen LogP contribution < -0.4 is 10.1 Å². The second kappa shape index (κ2) is 7.15. The third-order valence-corrected chi connectivity index (χ3v) is 5.42. The average molecular weight is 369 g/mol. The normalized spacial score (nSPS) is 21.7. The van der Waals surface area contributed by atoms with E-state index in [1.807, 2.05) is 44.2 Å². The van der Waals surface area contributed by atoms with E-state index in [1.54, 1.807) is 6.07 Å². The summed E-state index contributed by atoms with van der Waals surface area (Å²) in [6.07, 6.45) is 2.31. The van der Waals surface area contributed by atoms with Gasteiger partial charge in [0.15, 0.2) is 0 Å². The van der Waals surface area contributed by atoms with Gasteiger partial charge < -0.3 is 25.0 Å². The first-order valence-corrected chi connectivity index (χ1v) is 9.58. The van der Waals surface area contributed by atoms with Crippen LogP contribution in [0.4, 0.5) is 0 Å². The van der Waals surface area contributed by atoms with Crippen LogP contribution in [0.3, 0.4) is 0 Å². The van der Waals surface area contributed by atoms with Crippen LogP contribution in [0, 0.1) is 0 Å². The highest BCUT2D eigenvalue weighted by molar-refractivity contribution is 5.39. The molecule has 0 radical (unpaired) electrons. The Morgan fingerprint density at radius 2 is 2.00 bits per heavy atom. The molecule has 144 valence electrons. The summed E-state index contributed by atoms with van der Waals surface area (Å²) in [5, 5.41) is 23.8. The van der Waals surface area contributed by atoms with Gasteiger partial charge in [-0.15, -0.1) is 0 Å². The van der Waals surface area contributed by atoms with Gasteiger partial charge in [-0.05, 0) is 60.2 Å². The number of phenols is 1. The van der Waals surface area contributed by atoms with E-state index < -0.39 is 11.9 Å². The van der Waals surface area contributed by atoms with Gasteiger partial charge in [0.1, 0.15) is 11.5 Å². The van der Waals surface area contributed by atoms with E-state index in [9.17, 15) is 10.2 Å². The standard InChI is InChI=1S/C22H27NO4/c1-22(2)26-13-17-9-15(5-8-21(17)27-22)20(25)12-23-18-6-3-14-4-7-19(24)11-16(14)10-18/h4-5,7-9,11,18,20,23-25H,3,6,10,12-13H2,1-2H3/t18-,20-/m0/s1. The molecule has 3 N–H and O–H groups in total. The van der Waals surface area contributed by atoms with Crippen LogP contribution in [-0.4, -0.2) is 28.6 Å². The van der Waals surface area contributed by atoms with Gasteiger partial charge in [0, 0.05) is 32.0 Å². The van der Waals surface area contributed by atoms with Crippen molar-refractivity contribution in [3.8, 4) is 11.5 Å². The van der Waals surface area contributed by atoms with Gasteiger partial charge in [0.2, 0.25) is 5.79 Å². The number of phenolic OH excluding ortho intramolecular Hbond substituents is 1. The number of ether oxygens (including phenoxy) is 2. The van der Waals surface area contributed by atoms with Crippen LogP contribution in [0.15, 0.2) is 36.4 Å². The number of hydrogen-bond donors (Lipinski definition) is 3. The number of aliphatic hydroxyl groups excluding tert-OH is 1. The van der Waals surface area contributed by atoms with Crippen molar-refractivity contribution in [3.05, 3.63) is 58.7 Å². The molecule has 0 aromatic heterocycles. The van der Waals surface area contributed by atoms with Gasteiger partial charge in [0.05, 0.1) is 12.7 Å². The molecule has 0 saturated carbocycles. The summed E-state index contributed by atoms with van der Waals surface area (Å²) in [5.74, 6) is 0.524. The first kappa shape index (κ1) is 18.3. The summed E-state index contributed by atoms with van der Waals surface area (Å²) in [6, 6.07) is 11.7. The highest BCUT2D eigenvalue weighted by Crippen LogP contribution is 2.33. The van der Waals surface area contributed by atoms with E-state index in [1.165, 1.54) is 11.1 Å². The minimum absolute atomic E-state index is 0.305. The minimum Gasteiger partial charge on any atom is -0.508 e. The first-order valence-electron chi connectivity index (χ1n) is 9.58. The van der Waals surface area contributed by atoms with Crippen LogP contribution in [0.5, 0.6) is 11.5 Å². The van der Waals surface area contributed by atoms with E-state index in [0.717, 1.165) is 36.1 Å². The number of aryl methyl sites for hydroxylation is 1. The Hall–Kier alpha value is -2.08. The van der Waals surface area contributed by atoms with Crippen LogP contribution in [0.1, 0.15) is 48.6 Å². The summed E-state index contributed by atoms with van der Waals surface area (Å²) in [5.41, 5.74) is 4.33. The zero-order chi connectivity index (χ0) is 19.0. The van der Waals surface area contributed by atoms with Crippen LogP contribution >= 0.6 is 0 Å². The Bertz CT molecular complexity index is 833. The molecule has 0 amide bonds. The Kier molecular flexibility index (Phi) is 4.84. The van der Waals surface area contributed by atoms with Gasteiger partial charge in [-0.3, -0.25) is 0 Å². The highest BCUT2D eigenvalue weighted by atomic mass is 16.7. The molecule has 2 aliphatic rings. The number of aliphatic hydroxyl groups is 1.